The maximum Gasteiger partial charge on any atom is 0.240 e. The van der Waals surface area contributed by atoms with Crippen LogP contribution in [0.15, 0.2) is 0 Å². The van der Waals surface area contributed by atoms with Gasteiger partial charge in [-0.3, -0.25) is 4.79 Å². The Morgan fingerprint density at radius 1 is 1.28 bits per heavy atom. The summed E-state index contributed by atoms with van der Waals surface area (Å²) in [5, 5.41) is 0. The van der Waals surface area contributed by atoms with Gasteiger partial charge in [0.15, 0.2) is 0 Å². The first-order chi connectivity index (χ1) is 8.49. The van der Waals surface area contributed by atoms with E-state index in [1.807, 2.05) is 20.8 Å². The summed E-state index contributed by atoms with van der Waals surface area (Å²) in [6.45, 7) is 7.55. The molecule has 0 heterocycles. The zero-order chi connectivity index (χ0) is 14.1. The summed E-state index contributed by atoms with van der Waals surface area (Å²) in [5.41, 5.74) is 6.00. The smallest absolute Gasteiger partial charge is 0.240 e. The van der Waals surface area contributed by atoms with Crippen molar-refractivity contribution in [3.8, 4) is 0 Å². The maximum atomic E-state index is 12.4. The van der Waals surface area contributed by atoms with Gasteiger partial charge in [-0.05, 0) is 12.8 Å². The summed E-state index contributed by atoms with van der Waals surface area (Å²) in [5.74, 6) is 0.156. The molecule has 0 fully saturated rings. The van der Waals surface area contributed by atoms with Crippen molar-refractivity contribution in [1.29, 1.82) is 0 Å². The van der Waals surface area contributed by atoms with E-state index < -0.39 is 6.04 Å². The number of rotatable bonds is 9. The third-order valence-electron chi connectivity index (χ3n) is 3.30. The van der Waals surface area contributed by atoms with E-state index in [4.69, 9.17) is 15.2 Å². The standard InChI is InChI=1S/C13H28N2O3/c1-6-10(2)12(14)13(16)15(7-8-17-4)11(3)9-18-5/h10-12H,6-9,14H2,1-5H3/t10-,11?,12-/m0/s1. The molecule has 3 atom stereocenters. The highest BCUT2D eigenvalue weighted by atomic mass is 16.5. The zero-order valence-corrected chi connectivity index (χ0v) is 12.3. The fraction of sp³-hybridized carbons (Fsp3) is 0.923. The topological polar surface area (TPSA) is 64.8 Å². The van der Waals surface area contributed by atoms with E-state index in [9.17, 15) is 4.79 Å². The molecule has 0 aromatic rings. The van der Waals surface area contributed by atoms with E-state index in [-0.39, 0.29) is 17.9 Å². The highest BCUT2D eigenvalue weighted by Crippen LogP contribution is 2.11. The third-order valence-corrected chi connectivity index (χ3v) is 3.30. The fourth-order valence-electron chi connectivity index (χ4n) is 1.76. The van der Waals surface area contributed by atoms with Gasteiger partial charge >= 0.3 is 0 Å². The first-order valence-electron chi connectivity index (χ1n) is 6.53. The van der Waals surface area contributed by atoms with Crippen LogP contribution in [-0.4, -0.2) is 56.9 Å². The van der Waals surface area contributed by atoms with Crippen molar-refractivity contribution < 1.29 is 14.3 Å². The van der Waals surface area contributed by atoms with Crippen LogP contribution in [0.5, 0.6) is 0 Å². The molecule has 0 aliphatic heterocycles. The van der Waals surface area contributed by atoms with Crippen LogP contribution < -0.4 is 5.73 Å². The summed E-state index contributed by atoms with van der Waals surface area (Å²) >= 11 is 0. The van der Waals surface area contributed by atoms with Crippen LogP contribution >= 0.6 is 0 Å². The number of hydrogen-bond acceptors (Lipinski definition) is 4. The van der Waals surface area contributed by atoms with Crippen LogP contribution in [0.25, 0.3) is 0 Å². The van der Waals surface area contributed by atoms with Crippen LogP contribution in [0.1, 0.15) is 27.2 Å². The van der Waals surface area contributed by atoms with Gasteiger partial charge in [-0.15, -0.1) is 0 Å². The number of ether oxygens (including phenoxy) is 2. The van der Waals surface area contributed by atoms with Gasteiger partial charge in [0, 0.05) is 20.8 Å². The predicted molar refractivity (Wildman–Crippen MR) is 72.4 cm³/mol. The van der Waals surface area contributed by atoms with Crippen molar-refractivity contribution in [2.45, 2.75) is 39.3 Å². The molecule has 18 heavy (non-hydrogen) atoms. The lowest BCUT2D eigenvalue weighted by atomic mass is 9.98. The van der Waals surface area contributed by atoms with E-state index in [0.717, 1.165) is 6.42 Å². The number of nitrogens with two attached hydrogens (primary N) is 1. The fourth-order valence-corrected chi connectivity index (χ4v) is 1.76. The Morgan fingerprint density at radius 2 is 1.89 bits per heavy atom. The number of amides is 1. The lowest BCUT2D eigenvalue weighted by Crippen LogP contribution is -2.52. The molecule has 5 heteroatoms. The minimum Gasteiger partial charge on any atom is -0.383 e. The zero-order valence-electron chi connectivity index (χ0n) is 12.3. The van der Waals surface area contributed by atoms with Crippen molar-refractivity contribution in [3.63, 3.8) is 0 Å². The molecule has 0 spiro atoms. The Bertz CT molecular complexity index is 236. The average Bonchev–Trinajstić information content (AvgIpc) is 2.37. The van der Waals surface area contributed by atoms with Crippen LogP contribution in [0.3, 0.4) is 0 Å². The molecule has 0 aromatic heterocycles. The quantitative estimate of drug-likeness (QED) is 0.668. The SMILES string of the molecule is CC[C@H](C)[C@H](N)C(=O)N(CCOC)C(C)COC. The molecule has 0 saturated carbocycles. The minimum atomic E-state index is -0.453. The molecule has 0 aliphatic carbocycles. The van der Waals surface area contributed by atoms with Crippen molar-refractivity contribution in [2.24, 2.45) is 11.7 Å². The third kappa shape index (κ3) is 5.33. The maximum absolute atomic E-state index is 12.4. The van der Waals surface area contributed by atoms with Gasteiger partial charge in [0.2, 0.25) is 5.91 Å². The summed E-state index contributed by atoms with van der Waals surface area (Å²) in [7, 11) is 3.25. The molecule has 0 radical (unpaired) electrons. The Hall–Kier alpha value is -0.650. The molecule has 1 amide bonds. The molecule has 0 saturated heterocycles. The van der Waals surface area contributed by atoms with Crippen molar-refractivity contribution >= 4 is 5.91 Å². The Labute approximate surface area is 111 Å². The Balaban J connectivity index is 4.66. The lowest BCUT2D eigenvalue weighted by molar-refractivity contribution is -0.137. The van der Waals surface area contributed by atoms with Crippen molar-refractivity contribution in [1.82, 2.24) is 4.90 Å². The van der Waals surface area contributed by atoms with E-state index in [2.05, 4.69) is 0 Å². The van der Waals surface area contributed by atoms with Gasteiger partial charge in [-0.1, -0.05) is 20.3 Å². The number of nitrogens with zero attached hydrogens (tertiary/aromatic N) is 1. The second-order valence-electron chi connectivity index (χ2n) is 4.74. The first kappa shape index (κ1) is 17.4. The van der Waals surface area contributed by atoms with Crippen molar-refractivity contribution in [2.75, 3.05) is 34.0 Å². The van der Waals surface area contributed by atoms with Crippen molar-refractivity contribution in [3.05, 3.63) is 0 Å². The van der Waals surface area contributed by atoms with Crippen LogP contribution in [-0.2, 0) is 14.3 Å². The number of hydrogen-bond donors (Lipinski definition) is 1. The van der Waals surface area contributed by atoms with Crippen LogP contribution in [0.2, 0.25) is 0 Å². The normalized spacial score (nSPS) is 16.1. The monoisotopic (exact) mass is 260 g/mol. The van der Waals surface area contributed by atoms with Gasteiger partial charge in [0.05, 0.1) is 25.3 Å². The van der Waals surface area contributed by atoms with Gasteiger partial charge < -0.3 is 20.1 Å². The molecule has 5 nitrogen and oxygen atoms in total. The van der Waals surface area contributed by atoms with Gasteiger partial charge in [-0.25, -0.2) is 0 Å². The Morgan fingerprint density at radius 3 is 2.33 bits per heavy atom. The summed E-state index contributed by atoms with van der Waals surface area (Å²) in [6, 6.07) is -0.445. The second kappa shape index (κ2) is 9.30. The summed E-state index contributed by atoms with van der Waals surface area (Å²) in [6.07, 6.45) is 0.893. The molecule has 0 bridgehead atoms. The summed E-state index contributed by atoms with van der Waals surface area (Å²) < 4.78 is 10.1. The number of carbonyl (C=O) groups excluding carboxylic acids is 1. The van der Waals surface area contributed by atoms with Gasteiger partial charge in [0.25, 0.3) is 0 Å². The largest absolute Gasteiger partial charge is 0.383 e. The highest BCUT2D eigenvalue weighted by Gasteiger charge is 2.27. The summed E-state index contributed by atoms with van der Waals surface area (Å²) in [4.78, 5) is 14.1. The van der Waals surface area contributed by atoms with E-state index in [0.29, 0.717) is 19.8 Å². The first-order valence-corrected chi connectivity index (χ1v) is 6.53. The second-order valence-corrected chi connectivity index (χ2v) is 4.74. The van der Waals surface area contributed by atoms with E-state index in [1.165, 1.54) is 0 Å². The number of methoxy groups -OCH3 is 2. The average molecular weight is 260 g/mol. The molecule has 2 N–H and O–H groups in total. The van der Waals surface area contributed by atoms with E-state index in [1.54, 1.807) is 19.1 Å². The molecule has 108 valence electrons. The van der Waals surface area contributed by atoms with Gasteiger partial charge in [-0.2, -0.15) is 0 Å². The number of carbonyl (C=O) groups is 1. The molecular weight excluding hydrogens is 232 g/mol. The molecule has 0 aliphatic rings. The lowest BCUT2D eigenvalue weighted by Gasteiger charge is -2.32. The predicted octanol–water partition coefficient (Wildman–Crippen LogP) is 0.870. The Kier molecular flexibility index (Phi) is 8.97. The van der Waals surface area contributed by atoms with Gasteiger partial charge in [0.1, 0.15) is 0 Å². The van der Waals surface area contributed by atoms with Crippen LogP contribution in [0.4, 0.5) is 0 Å². The minimum absolute atomic E-state index is 0.00718. The molecule has 0 rings (SSSR count). The van der Waals surface area contributed by atoms with E-state index >= 15 is 0 Å². The molecular formula is C13H28N2O3. The van der Waals surface area contributed by atoms with Crippen LogP contribution in [0, 0.1) is 5.92 Å². The molecule has 0 aromatic carbocycles. The molecule has 1 unspecified atom stereocenters. The highest BCUT2D eigenvalue weighted by molar-refractivity contribution is 5.82.